The van der Waals surface area contributed by atoms with Gasteiger partial charge in [-0.1, -0.05) is 0 Å². The third kappa shape index (κ3) is 4.10. The van der Waals surface area contributed by atoms with Crippen LogP contribution in [0.25, 0.3) is 11.1 Å². The van der Waals surface area contributed by atoms with Crippen molar-refractivity contribution >= 4 is 17.9 Å². The molecule has 0 unspecified atom stereocenters. The number of halogens is 3. The molecule has 0 radical (unpaired) electrons. The number of rotatable bonds is 6. The van der Waals surface area contributed by atoms with Crippen molar-refractivity contribution in [1.82, 2.24) is 19.7 Å². The fourth-order valence-corrected chi connectivity index (χ4v) is 3.54. The molecule has 3 aromatic rings. The van der Waals surface area contributed by atoms with Crippen molar-refractivity contribution in [1.29, 1.82) is 0 Å². The monoisotopic (exact) mass is 446 g/mol. The van der Waals surface area contributed by atoms with E-state index in [1.165, 1.54) is 30.1 Å². The molecular formula is C21H21F3N6O2. The smallest absolute Gasteiger partial charge is 0.416 e. The average Bonchev–Trinajstić information content (AvgIpc) is 3.35. The van der Waals surface area contributed by atoms with Gasteiger partial charge in [-0.2, -0.15) is 10.1 Å². The van der Waals surface area contributed by atoms with E-state index < -0.39 is 36.0 Å². The number of ether oxygens (including phenoxy) is 1. The van der Waals surface area contributed by atoms with E-state index in [9.17, 15) is 18.0 Å². The lowest BCUT2D eigenvalue weighted by molar-refractivity contribution is 0.174. The number of aromatic nitrogens is 4. The highest BCUT2D eigenvalue weighted by Crippen LogP contribution is 2.30. The Kier molecular flexibility index (Phi) is 5.72. The Labute approximate surface area is 182 Å². The molecule has 168 valence electrons. The molecule has 0 bridgehead atoms. The molecule has 3 heterocycles. The van der Waals surface area contributed by atoms with Gasteiger partial charge in [-0.3, -0.25) is 9.58 Å². The molecule has 11 heteroatoms. The Bertz CT molecular complexity index is 1150. The van der Waals surface area contributed by atoms with Crippen LogP contribution in [0.4, 0.5) is 29.7 Å². The normalized spacial score (nSPS) is 17.9. The van der Waals surface area contributed by atoms with Crippen LogP contribution >= 0.6 is 0 Å². The molecule has 32 heavy (non-hydrogen) atoms. The first kappa shape index (κ1) is 21.6. The number of nitrogens with zero attached hydrogens (tertiary/aromatic N) is 5. The lowest BCUT2D eigenvalue weighted by Crippen LogP contribution is -2.39. The Morgan fingerprint density at radius 3 is 2.72 bits per heavy atom. The van der Waals surface area contributed by atoms with E-state index in [1.807, 2.05) is 0 Å². The zero-order chi connectivity index (χ0) is 23.0. The number of benzene rings is 1. The average molecular weight is 446 g/mol. The van der Waals surface area contributed by atoms with Gasteiger partial charge in [-0.25, -0.2) is 22.9 Å². The van der Waals surface area contributed by atoms with Crippen molar-refractivity contribution in [3.05, 3.63) is 54.0 Å². The van der Waals surface area contributed by atoms with E-state index in [-0.39, 0.29) is 29.5 Å². The molecule has 2 aromatic heterocycles. The molecule has 0 saturated carbocycles. The van der Waals surface area contributed by atoms with E-state index in [0.717, 1.165) is 17.0 Å². The number of hydrogen-bond acceptors (Lipinski definition) is 6. The second-order valence-electron chi connectivity index (χ2n) is 7.55. The Balaban J connectivity index is 1.57. The van der Waals surface area contributed by atoms with Crippen LogP contribution in [0.5, 0.6) is 0 Å². The SMILES string of the molecule is C[C@H](Nc1nccc(N2C(=O)OC[C@@H]2[C@H](C)F)n1)c1cc(F)c(-c2cnn(C)c2)cc1F. The minimum Gasteiger partial charge on any atom is -0.447 e. The zero-order valence-corrected chi connectivity index (χ0v) is 17.6. The van der Waals surface area contributed by atoms with Gasteiger partial charge < -0.3 is 10.1 Å². The molecule has 1 saturated heterocycles. The predicted molar refractivity (Wildman–Crippen MR) is 111 cm³/mol. The quantitative estimate of drug-likeness (QED) is 0.616. The molecule has 1 aliphatic rings. The Morgan fingerprint density at radius 2 is 2.03 bits per heavy atom. The fourth-order valence-electron chi connectivity index (χ4n) is 3.54. The summed E-state index contributed by atoms with van der Waals surface area (Å²) < 4.78 is 49.8. The van der Waals surface area contributed by atoms with Gasteiger partial charge in [0.25, 0.3) is 0 Å². The summed E-state index contributed by atoms with van der Waals surface area (Å²) in [6.07, 6.45) is 2.38. The molecule has 8 nitrogen and oxygen atoms in total. The summed E-state index contributed by atoms with van der Waals surface area (Å²) >= 11 is 0. The van der Waals surface area contributed by atoms with Crippen molar-refractivity contribution in [2.45, 2.75) is 32.1 Å². The molecule has 1 fully saturated rings. The van der Waals surface area contributed by atoms with Crippen LogP contribution in [0.3, 0.4) is 0 Å². The second kappa shape index (κ2) is 8.48. The summed E-state index contributed by atoms with van der Waals surface area (Å²) in [4.78, 5) is 21.5. The molecule has 1 aliphatic heterocycles. The van der Waals surface area contributed by atoms with Crippen molar-refractivity contribution in [2.75, 3.05) is 16.8 Å². The third-order valence-corrected chi connectivity index (χ3v) is 5.24. The summed E-state index contributed by atoms with van der Waals surface area (Å²) in [5.41, 5.74) is 0.630. The molecular weight excluding hydrogens is 425 g/mol. The minimum absolute atomic E-state index is 0.0658. The number of carbonyl (C=O) groups excluding carboxylic acids is 1. The maximum Gasteiger partial charge on any atom is 0.416 e. The molecule has 3 atom stereocenters. The first-order valence-electron chi connectivity index (χ1n) is 9.92. The van der Waals surface area contributed by atoms with Crippen molar-refractivity contribution in [2.24, 2.45) is 7.05 Å². The van der Waals surface area contributed by atoms with Gasteiger partial charge in [0.2, 0.25) is 5.95 Å². The molecule has 0 spiro atoms. The standard InChI is InChI=1S/C21H21F3N6O2/c1-11(22)18-10-32-21(31)30(18)19-4-5-25-20(28-19)27-12(2)14-6-17(24)15(7-16(14)23)13-8-26-29(3)9-13/h4-9,11-12,18H,10H2,1-3H3,(H,25,27,28)/t11-,12-,18+/m0/s1. The highest BCUT2D eigenvalue weighted by Gasteiger charge is 2.39. The van der Waals surface area contributed by atoms with Gasteiger partial charge in [-0.15, -0.1) is 0 Å². The Morgan fingerprint density at radius 1 is 1.25 bits per heavy atom. The van der Waals surface area contributed by atoms with Crippen molar-refractivity contribution in [3.63, 3.8) is 0 Å². The topological polar surface area (TPSA) is 85.2 Å². The van der Waals surface area contributed by atoms with Crippen LogP contribution < -0.4 is 10.2 Å². The number of amides is 1. The lowest BCUT2D eigenvalue weighted by atomic mass is 10.0. The number of hydrogen-bond donors (Lipinski definition) is 1. The molecule has 4 rings (SSSR count). The van der Waals surface area contributed by atoms with E-state index in [2.05, 4.69) is 20.4 Å². The molecule has 1 amide bonds. The van der Waals surface area contributed by atoms with Crippen LogP contribution in [0.1, 0.15) is 25.5 Å². The van der Waals surface area contributed by atoms with Gasteiger partial charge in [0.1, 0.15) is 36.3 Å². The van der Waals surface area contributed by atoms with Crippen molar-refractivity contribution in [3.8, 4) is 11.1 Å². The molecule has 1 aromatic carbocycles. The van der Waals surface area contributed by atoms with Gasteiger partial charge in [-0.05, 0) is 32.0 Å². The van der Waals surface area contributed by atoms with Gasteiger partial charge in [0, 0.05) is 36.1 Å². The van der Waals surface area contributed by atoms with E-state index in [0.29, 0.717) is 5.56 Å². The first-order valence-corrected chi connectivity index (χ1v) is 9.92. The maximum absolute atomic E-state index is 14.8. The van der Waals surface area contributed by atoms with Crippen LogP contribution in [0.15, 0.2) is 36.8 Å². The van der Waals surface area contributed by atoms with Gasteiger partial charge in [0.15, 0.2) is 0 Å². The van der Waals surface area contributed by atoms with Crippen LogP contribution in [0.2, 0.25) is 0 Å². The first-order chi connectivity index (χ1) is 15.2. The number of alkyl halides is 1. The summed E-state index contributed by atoms with van der Waals surface area (Å²) in [6, 6.07) is 2.15. The second-order valence-corrected chi connectivity index (χ2v) is 7.55. The zero-order valence-electron chi connectivity index (χ0n) is 17.6. The van der Waals surface area contributed by atoms with E-state index in [1.54, 1.807) is 20.2 Å². The summed E-state index contributed by atoms with van der Waals surface area (Å²) in [5, 5.41) is 6.87. The lowest BCUT2D eigenvalue weighted by Gasteiger charge is -2.22. The number of aryl methyl sites for hydroxylation is 1. The third-order valence-electron chi connectivity index (χ3n) is 5.24. The molecule has 1 N–H and O–H groups in total. The maximum atomic E-state index is 14.8. The number of carbonyl (C=O) groups is 1. The summed E-state index contributed by atoms with van der Waals surface area (Å²) in [7, 11) is 1.69. The highest BCUT2D eigenvalue weighted by molar-refractivity contribution is 5.89. The fraction of sp³-hybridized carbons (Fsp3) is 0.333. The van der Waals surface area contributed by atoms with Crippen LogP contribution in [-0.4, -0.2) is 44.7 Å². The highest BCUT2D eigenvalue weighted by atomic mass is 19.1. The van der Waals surface area contributed by atoms with E-state index in [4.69, 9.17) is 4.74 Å². The number of anilines is 2. The summed E-state index contributed by atoms with van der Waals surface area (Å²) in [5.74, 6) is -1.01. The number of cyclic esters (lactones) is 1. The van der Waals surface area contributed by atoms with E-state index >= 15 is 0 Å². The van der Waals surface area contributed by atoms with Crippen LogP contribution in [-0.2, 0) is 11.8 Å². The largest absolute Gasteiger partial charge is 0.447 e. The molecule has 0 aliphatic carbocycles. The predicted octanol–water partition coefficient (Wildman–Crippen LogP) is 4.01. The van der Waals surface area contributed by atoms with Gasteiger partial charge in [0.05, 0.1) is 12.2 Å². The van der Waals surface area contributed by atoms with Crippen molar-refractivity contribution < 1.29 is 22.7 Å². The minimum atomic E-state index is -1.33. The van der Waals surface area contributed by atoms with Crippen LogP contribution in [0, 0.1) is 11.6 Å². The number of nitrogens with one attached hydrogen (secondary N) is 1. The Hall–Kier alpha value is -3.63. The summed E-state index contributed by atoms with van der Waals surface area (Å²) in [6.45, 7) is 2.86. The van der Waals surface area contributed by atoms with Gasteiger partial charge >= 0.3 is 6.09 Å².